The Morgan fingerprint density at radius 2 is 1.92 bits per heavy atom. The highest BCUT2D eigenvalue weighted by Gasteiger charge is 2.21. The molecule has 130 valence electrons. The zero-order valence-electron chi connectivity index (χ0n) is 13.9. The molecule has 25 heavy (non-hydrogen) atoms. The molecule has 0 amide bonds. The second kappa shape index (κ2) is 7.04. The molecule has 0 aliphatic heterocycles. The minimum absolute atomic E-state index is 0.0109. The first kappa shape index (κ1) is 18.0. The van der Waals surface area contributed by atoms with E-state index in [0.29, 0.717) is 5.56 Å². The van der Waals surface area contributed by atoms with Crippen molar-refractivity contribution in [3.63, 3.8) is 0 Å². The molecule has 2 N–H and O–H groups in total. The lowest BCUT2D eigenvalue weighted by Crippen LogP contribution is -2.02. The van der Waals surface area contributed by atoms with E-state index in [1.54, 1.807) is 19.1 Å². The number of phenols is 1. The Morgan fingerprint density at radius 1 is 1.24 bits per heavy atom. The summed E-state index contributed by atoms with van der Waals surface area (Å²) in [5.74, 6) is -1.87. The largest absolute Gasteiger partial charge is 0.500 e. The zero-order valence-corrected chi connectivity index (χ0v) is 13.9. The number of carbonyl (C=O) groups is 1. The van der Waals surface area contributed by atoms with E-state index in [-0.39, 0.29) is 16.9 Å². The number of phenolic OH excluding ortho intramolecular Hbond substituents is 1. The van der Waals surface area contributed by atoms with Gasteiger partial charge in [-0.1, -0.05) is 23.8 Å². The third kappa shape index (κ3) is 3.77. The molecule has 0 bridgehead atoms. The van der Waals surface area contributed by atoms with Crippen molar-refractivity contribution in [3.05, 3.63) is 62.7 Å². The van der Waals surface area contributed by atoms with E-state index in [1.165, 1.54) is 19.3 Å². The van der Waals surface area contributed by atoms with E-state index >= 15 is 0 Å². The molecule has 0 fully saturated rings. The van der Waals surface area contributed by atoms with Gasteiger partial charge in [0.25, 0.3) is 0 Å². The van der Waals surface area contributed by atoms with Gasteiger partial charge >= 0.3 is 11.7 Å². The van der Waals surface area contributed by atoms with Gasteiger partial charge in [0, 0.05) is 6.07 Å². The minimum Gasteiger partial charge on any atom is -0.500 e. The molecule has 2 rings (SSSR count). The first-order valence-electron chi connectivity index (χ1n) is 7.32. The van der Waals surface area contributed by atoms with Crippen LogP contribution >= 0.6 is 0 Å². The number of hydrogen-bond acceptors (Lipinski definition) is 5. The highest BCUT2D eigenvalue weighted by molar-refractivity contribution is 6.21. The molecule has 0 aromatic heterocycles. The molecule has 0 radical (unpaired) electrons. The number of benzene rings is 2. The Bertz CT molecular complexity index is 885. The molecule has 0 aliphatic carbocycles. The predicted octanol–water partition coefficient (Wildman–Crippen LogP) is 3.55. The van der Waals surface area contributed by atoms with Crippen LogP contribution in [-0.2, 0) is 4.79 Å². The number of aryl methyl sites for hydroxylation is 2. The van der Waals surface area contributed by atoms with Crippen LogP contribution < -0.4 is 4.74 Å². The molecule has 2 aromatic carbocycles. The minimum atomic E-state index is -1.16. The monoisotopic (exact) mass is 343 g/mol. The average molecular weight is 343 g/mol. The van der Waals surface area contributed by atoms with Crippen LogP contribution in [0, 0.1) is 24.0 Å². The second-order valence-corrected chi connectivity index (χ2v) is 5.53. The number of aliphatic carboxylic acids is 1. The summed E-state index contributed by atoms with van der Waals surface area (Å²) >= 11 is 0. The molecule has 0 saturated carbocycles. The number of nitro groups is 1. The van der Waals surface area contributed by atoms with E-state index in [0.717, 1.165) is 17.2 Å². The number of carboxylic acids is 1. The van der Waals surface area contributed by atoms with Crippen LogP contribution in [0.4, 0.5) is 5.69 Å². The summed E-state index contributed by atoms with van der Waals surface area (Å²) in [5, 5.41) is 30.5. The Balaban J connectivity index is 2.70. The molecule has 0 unspecified atom stereocenters. The van der Waals surface area contributed by atoms with Crippen LogP contribution in [0.25, 0.3) is 11.6 Å². The average Bonchev–Trinajstić information content (AvgIpc) is 2.55. The number of nitrogens with zero attached hydrogens (tertiary/aromatic N) is 1. The van der Waals surface area contributed by atoms with Crippen molar-refractivity contribution in [1.29, 1.82) is 0 Å². The highest BCUT2D eigenvalue weighted by atomic mass is 16.6. The van der Waals surface area contributed by atoms with Crippen molar-refractivity contribution in [3.8, 4) is 11.5 Å². The molecule has 0 spiro atoms. The van der Waals surface area contributed by atoms with E-state index in [9.17, 15) is 25.1 Å². The number of ether oxygens (including phenoxy) is 1. The van der Waals surface area contributed by atoms with Crippen LogP contribution in [0.1, 0.15) is 22.3 Å². The lowest BCUT2D eigenvalue weighted by molar-refractivity contribution is -0.386. The summed E-state index contributed by atoms with van der Waals surface area (Å²) in [7, 11) is 1.26. The van der Waals surface area contributed by atoms with Gasteiger partial charge in [-0.2, -0.15) is 0 Å². The maximum atomic E-state index is 11.7. The van der Waals surface area contributed by atoms with E-state index in [1.807, 2.05) is 13.0 Å². The van der Waals surface area contributed by atoms with Gasteiger partial charge in [-0.25, -0.2) is 4.79 Å². The standard InChI is InChI=1S/C18H17NO6/c1-10-4-5-11(2)13(6-10)14(18(21)22)7-12-8-15(19(23)24)17(20)16(9-12)25-3/h4-9,20H,1-3H3,(H,21,22)/b14-7-. The normalized spacial score (nSPS) is 11.2. The molecule has 0 aliphatic rings. The number of nitro benzene ring substituents is 1. The number of carboxylic acid groups (broad SMARTS) is 1. The number of hydrogen-bond donors (Lipinski definition) is 2. The fraction of sp³-hybridized carbons (Fsp3) is 0.167. The summed E-state index contributed by atoms with van der Waals surface area (Å²) < 4.78 is 4.94. The third-order valence-corrected chi connectivity index (χ3v) is 3.72. The molecular weight excluding hydrogens is 326 g/mol. The van der Waals surface area contributed by atoms with Crippen LogP contribution in [0.5, 0.6) is 11.5 Å². The second-order valence-electron chi connectivity index (χ2n) is 5.53. The van der Waals surface area contributed by atoms with Crippen molar-refractivity contribution in [2.75, 3.05) is 7.11 Å². The van der Waals surface area contributed by atoms with Crippen LogP contribution in [0.15, 0.2) is 30.3 Å². The van der Waals surface area contributed by atoms with Crippen molar-refractivity contribution in [1.82, 2.24) is 0 Å². The summed E-state index contributed by atoms with van der Waals surface area (Å²) in [5.41, 5.74) is 1.84. The molecule has 7 nitrogen and oxygen atoms in total. The van der Waals surface area contributed by atoms with Gasteiger partial charge in [-0.3, -0.25) is 10.1 Å². The summed E-state index contributed by atoms with van der Waals surface area (Å²) in [6.07, 6.45) is 1.32. The van der Waals surface area contributed by atoms with E-state index < -0.39 is 22.3 Å². The molecule has 7 heteroatoms. The van der Waals surface area contributed by atoms with Gasteiger partial charge in [0.2, 0.25) is 5.75 Å². The zero-order chi connectivity index (χ0) is 18.7. The summed E-state index contributed by atoms with van der Waals surface area (Å²) in [6.45, 7) is 3.63. The van der Waals surface area contributed by atoms with Gasteiger partial charge in [0.05, 0.1) is 17.6 Å². The van der Waals surface area contributed by atoms with Crippen molar-refractivity contribution >= 4 is 23.3 Å². The summed E-state index contributed by atoms with van der Waals surface area (Å²) in [4.78, 5) is 22.1. The predicted molar refractivity (Wildman–Crippen MR) is 92.7 cm³/mol. The number of methoxy groups -OCH3 is 1. The lowest BCUT2D eigenvalue weighted by atomic mass is 9.96. The fourth-order valence-corrected chi connectivity index (χ4v) is 2.44. The first-order valence-corrected chi connectivity index (χ1v) is 7.32. The van der Waals surface area contributed by atoms with E-state index in [2.05, 4.69) is 0 Å². The topological polar surface area (TPSA) is 110 Å². The lowest BCUT2D eigenvalue weighted by Gasteiger charge is -2.10. The Morgan fingerprint density at radius 3 is 2.48 bits per heavy atom. The van der Waals surface area contributed by atoms with Crippen LogP contribution in [-0.4, -0.2) is 28.2 Å². The van der Waals surface area contributed by atoms with Gasteiger partial charge in [0.1, 0.15) is 0 Å². The van der Waals surface area contributed by atoms with E-state index in [4.69, 9.17) is 4.74 Å². The van der Waals surface area contributed by atoms with Gasteiger partial charge in [-0.05, 0) is 42.7 Å². The smallest absolute Gasteiger partial charge is 0.336 e. The number of rotatable bonds is 5. The Kier molecular flexibility index (Phi) is 5.07. The van der Waals surface area contributed by atoms with Crippen molar-refractivity contribution in [2.45, 2.75) is 13.8 Å². The molecular formula is C18H17NO6. The fourth-order valence-electron chi connectivity index (χ4n) is 2.44. The molecule has 0 saturated heterocycles. The van der Waals surface area contributed by atoms with Crippen LogP contribution in [0.2, 0.25) is 0 Å². The molecule has 0 atom stereocenters. The van der Waals surface area contributed by atoms with Gasteiger partial charge in [0.15, 0.2) is 5.75 Å². The quantitative estimate of drug-likeness (QED) is 0.372. The van der Waals surface area contributed by atoms with Gasteiger partial charge in [-0.15, -0.1) is 0 Å². The number of aromatic hydroxyl groups is 1. The highest BCUT2D eigenvalue weighted by Crippen LogP contribution is 2.38. The first-order chi connectivity index (χ1) is 11.7. The maximum absolute atomic E-state index is 11.7. The third-order valence-electron chi connectivity index (χ3n) is 3.72. The Labute approximate surface area is 144 Å². The summed E-state index contributed by atoms with van der Waals surface area (Å²) in [6, 6.07) is 7.86. The SMILES string of the molecule is COc1cc(/C=C(\C(=O)O)c2cc(C)ccc2C)cc([N+](=O)[O-])c1O. The van der Waals surface area contributed by atoms with Crippen LogP contribution in [0.3, 0.4) is 0 Å². The Hall–Kier alpha value is -3.35. The molecule has 0 heterocycles. The van der Waals surface area contributed by atoms with Gasteiger partial charge < -0.3 is 14.9 Å². The van der Waals surface area contributed by atoms with Crippen molar-refractivity contribution in [2.24, 2.45) is 0 Å². The molecule has 2 aromatic rings. The van der Waals surface area contributed by atoms with Crippen molar-refractivity contribution < 1.29 is 24.7 Å². The maximum Gasteiger partial charge on any atom is 0.336 e.